The smallest absolute Gasteiger partial charge is 0.261 e. The van der Waals surface area contributed by atoms with E-state index >= 15 is 0 Å². The molecule has 0 bridgehead atoms. The van der Waals surface area contributed by atoms with E-state index in [4.69, 9.17) is 4.74 Å². The van der Waals surface area contributed by atoms with Gasteiger partial charge in [0.05, 0.1) is 30.7 Å². The summed E-state index contributed by atoms with van der Waals surface area (Å²) < 4.78 is 5.42. The Morgan fingerprint density at radius 1 is 1.39 bits per heavy atom. The van der Waals surface area contributed by atoms with Crippen LogP contribution in [0.2, 0.25) is 0 Å². The van der Waals surface area contributed by atoms with Gasteiger partial charge in [0.2, 0.25) is 0 Å². The molecule has 0 radical (unpaired) electrons. The molecule has 4 nitrogen and oxygen atoms in total. The van der Waals surface area contributed by atoms with Crippen molar-refractivity contribution in [3.8, 4) is 0 Å². The zero-order valence-electron chi connectivity index (χ0n) is 13.2. The van der Waals surface area contributed by atoms with Crippen LogP contribution in [-0.4, -0.2) is 24.2 Å². The van der Waals surface area contributed by atoms with Crippen molar-refractivity contribution in [2.75, 3.05) is 13.2 Å². The molecular weight excluding hydrogens is 310 g/mol. The summed E-state index contributed by atoms with van der Waals surface area (Å²) in [7, 11) is 0. The van der Waals surface area contributed by atoms with Crippen molar-refractivity contribution in [1.82, 2.24) is 5.32 Å². The second kappa shape index (κ2) is 7.25. The van der Waals surface area contributed by atoms with Crippen LogP contribution in [0.5, 0.6) is 0 Å². The summed E-state index contributed by atoms with van der Waals surface area (Å²) in [5, 5.41) is 12.6. The van der Waals surface area contributed by atoms with E-state index in [0.29, 0.717) is 11.5 Å². The highest BCUT2D eigenvalue weighted by Crippen LogP contribution is 2.27. The number of aliphatic hydroxyl groups is 1. The van der Waals surface area contributed by atoms with Crippen molar-refractivity contribution in [2.24, 2.45) is 0 Å². The van der Waals surface area contributed by atoms with Gasteiger partial charge < -0.3 is 15.2 Å². The van der Waals surface area contributed by atoms with Crippen LogP contribution in [0, 0.1) is 0 Å². The van der Waals surface area contributed by atoms with Crippen molar-refractivity contribution < 1.29 is 14.6 Å². The van der Waals surface area contributed by atoms with Gasteiger partial charge in [-0.1, -0.05) is 31.2 Å². The summed E-state index contributed by atoms with van der Waals surface area (Å²) in [5.74, 6) is -0.136. The first-order valence-corrected chi connectivity index (χ1v) is 8.72. The van der Waals surface area contributed by atoms with Crippen LogP contribution in [0.1, 0.15) is 44.2 Å². The molecule has 1 amide bonds. The Kier molecular flexibility index (Phi) is 5.10. The summed E-state index contributed by atoms with van der Waals surface area (Å²) in [4.78, 5) is 14.4. The summed E-state index contributed by atoms with van der Waals surface area (Å²) in [6, 6.07) is 9.52. The third-order valence-electron chi connectivity index (χ3n) is 4.13. The second-order valence-electron chi connectivity index (χ2n) is 5.67. The number of thiophene rings is 1. The predicted octanol–water partition coefficient (Wildman–Crippen LogP) is 2.85. The molecule has 0 saturated carbocycles. The maximum absolute atomic E-state index is 12.5. The zero-order valence-corrected chi connectivity index (χ0v) is 14.0. The minimum Gasteiger partial charge on any atom is -0.394 e. The van der Waals surface area contributed by atoms with Gasteiger partial charge >= 0.3 is 0 Å². The number of fused-ring (bicyclic) bond motifs is 1. The van der Waals surface area contributed by atoms with Crippen LogP contribution < -0.4 is 5.32 Å². The maximum atomic E-state index is 12.5. The van der Waals surface area contributed by atoms with Gasteiger partial charge in [0, 0.05) is 11.3 Å². The number of ether oxygens (including phenoxy) is 1. The van der Waals surface area contributed by atoms with E-state index in [1.807, 2.05) is 30.3 Å². The Morgan fingerprint density at radius 3 is 2.83 bits per heavy atom. The molecular formula is C18H21NO3S. The normalized spacial score (nSPS) is 15.0. The van der Waals surface area contributed by atoms with E-state index in [2.05, 4.69) is 12.2 Å². The molecule has 1 aromatic heterocycles. The molecule has 1 aliphatic heterocycles. The number of carbonyl (C=O) groups excluding carboxylic acids is 1. The summed E-state index contributed by atoms with van der Waals surface area (Å²) >= 11 is 1.52. The monoisotopic (exact) mass is 331 g/mol. The second-order valence-corrected chi connectivity index (χ2v) is 6.80. The van der Waals surface area contributed by atoms with Gasteiger partial charge in [-0.3, -0.25) is 4.79 Å². The van der Waals surface area contributed by atoms with Gasteiger partial charge in [-0.15, -0.1) is 11.3 Å². The van der Waals surface area contributed by atoms with E-state index < -0.39 is 0 Å². The van der Waals surface area contributed by atoms with Crippen LogP contribution >= 0.6 is 11.3 Å². The number of hydrogen-bond donors (Lipinski definition) is 2. The van der Waals surface area contributed by atoms with E-state index in [0.717, 1.165) is 30.6 Å². The third kappa shape index (κ3) is 3.63. The van der Waals surface area contributed by atoms with Gasteiger partial charge in [-0.2, -0.15) is 0 Å². The minimum atomic E-state index is -0.385. The molecule has 122 valence electrons. The Bertz CT molecular complexity index is 655. The highest BCUT2D eigenvalue weighted by atomic mass is 32.1. The Labute approximate surface area is 140 Å². The lowest BCUT2D eigenvalue weighted by atomic mass is 10.0. The SMILES string of the molecule is CCc1ccc(C(CO)NC(=O)c2cc3c(s2)CCOC3)cc1. The molecule has 23 heavy (non-hydrogen) atoms. The topological polar surface area (TPSA) is 58.6 Å². The fourth-order valence-electron chi connectivity index (χ4n) is 2.71. The quantitative estimate of drug-likeness (QED) is 0.886. The molecule has 1 atom stereocenters. The number of aryl methyl sites for hydroxylation is 1. The number of benzene rings is 1. The van der Waals surface area contributed by atoms with Gasteiger partial charge in [0.1, 0.15) is 0 Å². The third-order valence-corrected chi connectivity index (χ3v) is 5.37. The lowest BCUT2D eigenvalue weighted by molar-refractivity contribution is 0.0920. The first kappa shape index (κ1) is 16.2. The Balaban J connectivity index is 1.72. The molecule has 3 rings (SSSR count). The largest absolute Gasteiger partial charge is 0.394 e. The van der Waals surface area contributed by atoms with Crippen molar-refractivity contribution >= 4 is 17.2 Å². The maximum Gasteiger partial charge on any atom is 0.261 e. The molecule has 0 aliphatic carbocycles. The van der Waals surface area contributed by atoms with Crippen molar-refractivity contribution in [3.63, 3.8) is 0 Å². The Hall–Kier alpha value is -1.69. The zero-order chi connectivity index (χ0) is 16.2. The number of carbonyl (C=O) groups is 1. The van der Waals surface area contributed by atoms with Crippen LogP contribution in [0.4, 0.5) is 0 Å². The summed E-state index contributed by atoms with van der Waals surface area (Å²) in [5.41, 5.74) is 3.27. The van der Waals surface area contributed by atoms with E-state index in [1.54, 1.807) is 0 Å². The van der Waals surface area contributed by atoms with Gasteiger partial charge in [0.15, 0.2) is 0 Å². The standard InChI is InChI=1S/C18H21NO3S/c1-2-12-3-5-13(6-4-12)15(10-20)19-18(21)17-9-14-11-22-8-7-16(14)23-17/h3-6,9,15,20H,2,7-8,10-11H2,1H3,(H,19,21). The minimum absolute atomic E-state index is 0.120. The molecule has 0 spiro atoms. The first-order chi connectivity index (χ1) is 11.2. The van der Waals surface area contributed by atoms with Crippen molar-refractivity contribution in [3.05, 3.63) is 56.8 Å². The number of aliphatic hydroxyl groups excluding tert-OH is 1. The van der Waals surface area contributed by atoms with Gasteiger partial charge in [0.25, 0.3) is 5.91 Å². The van der Waals surface area contributed by atoms with Crippen LogP contribution in [-0.2, 0) is 24.2 Å². The average Bonchev–Trinajstić information content (AvgIpc) is 3.04. The fraction of sp³-hybridized carbons (Fsp3) is 0.389. The molecule has 5 heteroatoms. The molecule has 1 aromatic carbocycles. The first-order valence-electron chi connectivity index (χ1n) is 7.91. The van der Waals surface area contributed by atoms with Crippen molar-refractivity contribution in [2.45, 2.75) is 32.4 Å². The van der Waals surface area contributed by atoms with Crippen LogP contribution in [0.15, 0.2) is 30.3 Å². The number of nitrogens with one attached hydrogen (secondary N) is 1. The summed E-state index contributed by atoms with van der Waals surface area (Å²) in [6.45, 7) is 3.28. The van der Waals surface area contributed by atoms with Crippen molar-refractivity contribution in [1.29, 1.82) is 0 Å². The van der Waals surface area contributed by atoms with E-state index in [-0.39, 0.29) is 18.6 Å². The fourth-order valence-corrected chi connectivity index (χ4v) is 3.76. The number of rotatable bonds is 5. The molecule has 2 N–H and O–H groups in total. The highest BCUT2D eigenvalue weighted by Gasteiger charge is 2.20. The number of hydrogen-bond acceptors (Lipinski definition) is 4. The molecule has 0 fully saturated rings. The van der Waals surface area contributed by atoms with Crippen LogP contribution in [0.3, 0.4) is 0 Å². The lowest BCUT2D eigenvalue weighted by Gasteiger charge is -2.16. The lowest BCUT2D eigenvalue weighted by Crippen LogP contribution is -2.30. The number of amides is 1. The predicted molar refractivity (Wildman–Crippen MR) is 90.8 cm³/mol. The highest BCUT2D eigenvalue weighted by molar-refractivity contribution is 7.14. The molecule has 1 unspecified atom stereocenters. The molecule has 2 heterocycles. The van der Waals surface area contributed by atoms with Gasteiger partial charge in [-0.25, -0.2) is 0 Å². The average molecular weight is 331 g/mol. The Morgan fingerprint density at radius 2 is 2.17 bits per heavy atom. The summed E-state index contributed by atoms with van der Waals surface area (Å²) in [6.07, 6.45) is 1.84. The molecule has 0 saturated heterocycles. The van der Waals surface area contributed by atoms with Gasteiger partial charge in [-0.05, 0) is 29.2 Å². The van der Waals surface area contributed by atoms with E-state index in [9.17, 15) is 9.90 Å². The molecule has 1 aliphatic rings. The molecule has 2 aromatic rings. The van der Waals surface area contributed by atoms with E-state index in [1.165, 1.54) is 21.8 Å². The van der Waals surface area contributed by atoms with Crippen LogP contribution in [0.25, 0.3) is 0 Å².